The molecule has 0 bridgehead atoms. The summed E-state index contributed by atoms with van der Waals surface area (Å²) < 4.78 is 7.28. The van der Waals surface area contributed by atoms with Crippen LogP contribution in [0, 0.1) is 0 Å². The SMILES string of the molecule is C[C@H]1CN(C(=O)CCCn2cncn2)CCCO1. The van der Waals surface area contributed by atoms with Crippen molar-refractivity contribution in [2.45, 2.75) is 38.8 Å². The highest BCUT2D eigenvalue weighted by Crippen LogP contribution is 2.08. The summed E-state index contributed by atoms with van der Waals surface area (Å²) in [4.78, 5) is 17.8. The van der Waals surface area contributed by atoms with E-state index in [4.69, 9.17) is 4.74 Å². The van der Waals surface area contributed by atoms with Crippen molar-refractivity contribution in [2.75, 3.05) is 19.7 Å². The maximum atomic E-state index is 12.0. The van der Waals surface area contributed by atoms with Crippen LogP contribution in [0.2, 0.25) is 0 Å². The molecule has 1 saturated heterocycles. The van der Waals surface area contributed by atoms with Gasteiger partial charge >= 0.3 is 0 Å². The van der Waals surface area contributed by atoms with E-state index in [1.807, 2.05) is 11.8 Å². The number of amides is 1. The molecular weight excluding hydrogens is 232 g/mol. The van der Waals surface area contributed by atoms with Crippen LogP contribution in [0.1, 0.15) is 26.2 Å². The summed E-state index contributed by atoms with van der Waals surface area (Å²) in [6, 6.07) is 0. The first-order valence-corrected chi connectivity index (χ1v) is 6.47. The molecule has 1 atom stereocenters. The Bertz CT molecular complexity index is 366. The second-order valence-electron chi connectivity index (χ2n) is 4.64. The maximum absolute atomic E-state index is 12.0. The molecule has 1 amide bonds. The van der Waals surface area contributed by atoms with Crippen molar-refractivity contribution >= 4 is 5.91 Å². The number of carbonyl (C=O) groups excluding carboxylic acids is 1. The molecule has 6 nitrogen and oxygen atoms in total. The lowest BCUT2D eigenvalue weighted by Gasteiger charge is -2.22. The number of hydrogen-bond donors (Lipinski definition) is 0. The smallest absolute Gasteiger partial charge is 0.222 e. The normalized spacial score (nSPS) is 20.7. The molecule has 1 aromatic heterocycles. The summed E-state index contributed by atoms with van der Waals surface area (Å²) in [5.74, 6) is 0.215. The van der Waals surface area contributed by atoms with Crippen LogP contribution in [-0.2, 0) is 16.1 Å². The van der Waals surface area contributed by atoms with Gasteiger partial charge in [0, 0.05) is 32.7 Å². The van der Waals surface area contributed by atoms with Gasteiger partial charge in [-0.05, 0) is 19.8 Å². The van der Waals surface area contributed by atoms with Gasteiger partial charge in [0.05, 0.1) is 6.10 Å². The fraction of sp³-hybridized carbons (Fsp3) is 0.750. The van der Waals surface area contributed by atoms with E-state index in [9.17, 15) is 4.79 Å². The number of aryl methyl sites for hydroxylation is 1. The molecule has 0 spiro atoms. The zero-order chi connectivity index (χ0) is 12.8. The fourth-order valence-corrected chi connectivity index (χ4v) is 2.12. The van der Waals surface area contributed by atoms with Crippen molar-refractivity contribution in [3.8, 4) is 0 Å². The minimum Gasteiger partial charge on any atom is -0.377 e. The van der Waals surface area contributed by atoms with Crippen LogP contribution in [0.4, 0.5) is 0 Å². The van der Waals surface area contributed by atoms with Crippen LogP contribution >= 0.6 is 0 Å². The van der Waals surface area contributed by atoms with E-state index in [-0.39, 0.29) is 12.0 Å². The van der Waals surface area contributed by atoms with Gasteiger partial charge in [-0.1, -0.05) is 0 Å². The molecule has 1 aromatic rings. The highest BCUT2D eigenvalue weighted by Gasteiger charge is 2.19. The van der Waals surface area contributed by atoms with Crippen molar-refractivity contribution in [3.63, 3.8) is 0 Å². The van der Waals surface area contributed by atoms with E-state index >= 15 is 0 Å². The van der Waals surface area contributed by atoms with Crippen molar-refractivity contribution in [2.24, 2.45) is 0 Å². The van der Waals surface area contributed by atoms with Crippen LogP contribution in [0.5, 0.6) is 0 Å². The van der Waals surface area contributed by atoms with E-state index in [1.165, 1.54) is 6.33 Å². The molecule has 1 fully saturated rings. The molecule has 1 aliphatic rings. The molecule has 0 unspecified atom stereocenters. The van der Waals surface area contributed by atoms with Crippen LogP contribution in [0.25, 0.3) is 0 Å². The Morgan fingerprint density at radius 1 is 1.56 bits per heavy atom. The third-order valence-electron chi connectivity index (χ3n) is 3.05. The first kappa shape index (κ1) is 13.0. The van der Waals surface area contributed by atoms with Gasteiger partial charge in [-0.25, -0.2) is 4.98 Å². The fourth-order valence-electron chi connectivity index (χ4n) is 2.12. The number of hydrogen-bond acceptors (Lipinski definition) is 4. The molecule has 6 heteroatoms. The molecule has 0 saturated carbocycles. The highest BCUT2D eigenvalue weighted by molar-refractivity contribution is 5.76. The van der Waals surface area contributed by atoms with Crippen molar-refractivity contribution in [1.29, 1.82) is 0 Å². The lowest BCUT2D eigenvalue weighted by molar-refractivity contribution is -0.132. The largest absolute Gasteiger partial charge is 0.377 e. The van der Waals surface area contributed by atoms with Crippen LogP contribution in [0.15, 0.2) is 12.7 Å². The molecule has 18 heavy (non-hydrogen) atoms. The summed E-state index contributed by atoms with van der Waals surface area (Å²) in [5.41, 5.74) is 0. The third kappa shape index (κ3) is 3.80. The molecule has 0 aromatic carbocycles. The van der Waals surface area contributed by atoms with Gasteiger partial charge in [0.1, 0.15) is 12.7 Å². The first-order valence-electron chi connectivity index (χ1n) is 6.47. The first-order chi connectivity index (χ1) is 8.75. The highest BCUT2D eigenvalue weighted by atomic mass is 16.5. The lowest BCUT2D eigenvalue weighted by Crippen LogP contribution is -2.35. The number of ether oxygens (including phenoxy) is 1. The van der Waals surface area contributed by atoms with E-state index < -0.39 is 0 Å². The average Bonchev–Trinajstić information content (AvgIpc) is 2.77. The summed E-state index contributed by atoms with van der Waals surface area (Å²) in [7, 11) is 0. The third-order valence-corrected chi connectivity index (χ3v) is 3.05. The molecule has 0 N–H and O–H groups in total. The Hall–Kier alpha value is -1.43. The number of aromatic nitrogens is 3. The predicted octanol–water partition coefficient (Wildman–Crippen LogP) is 0.696. The minimum atomic E-state index is 0.145. The summed E-state index contributed by atoms with van der Waals surface area (Å²) in [6.07, 6.45) is 5.62. The Kier molecular flexibility index (Phi) is 4.69. The molecule has 100 valence electrons. The van der Waals surface area contributed by atoms with E-state index in [0.717, 1.165) is 32.5 Å². The molecule has 1 aliphatic heterocycles. The number of nitrogens with zero attached hydrogens (tertiary/aromatic N) is 4. The summed E-state index contributed by atoms with van der Waals surface area (Å²) in [5, 5.41) is 4.01. The zero-order valence-electron chi connectivity index (χ0n) is 10.8. The monoisotopic (exact) mass is 252 g/mol. The number of carbonyl (C=O) groups is 1. The maximum Gasteiger partial charge on any atom is 0.222 e. The molecule has 0 aliphatic carbocycles. The Morgan fingerprint density at radius 3 is 3.22 bits per heavy atom. The molecule has 2 heterocycles. The second kappa shape index (κ2) is 6.49. The van der Waals surface area contributed by atoms with E-state index in [1.54, 1.807) is 11.0 Å². The topological polar surface area (TPSA) is 60.2 Å². The van der Waals surface area contributed by atoms with Gasteiger partial charge in [0.2, 0.25) is 5.91 Å². The standard InChI is InChI=1S/C12H20N4O2/c1-11-8-15(5-3-7-18-11)12(17)4-2-6-16-10-13-9-14-16/h9-11H,2-8H2,1H3/t11-/m0/s1. The lowest BCUT2D eigenvalue weighted by atomic mass is 10.2. The van der Waals surface area contributed by atoms with Gasteiger partial charge in [-0.2, -0.15) is 5.10 Å². The Labute approximate surface area is 107 Å². The second-order valence-corrected chi connectivity index (χ2v) is 4.64. The predicted molar refractivity (Wildman–Crippen MR) is 65.9 cm³/mol. The summed E-state index contributed by atoms with van der Waals surface area (Å²) in [6.45, 7) is 5.03. The van der Waals surface area contributed by atoms with Gasteiger partial charge in [0.15, 0.2) is 0 Å². The van der Waals surface area contributed by atoms with Gasteiger partial charge in [-0.3, -0.25) is 9.48 Å². The quantitative estimate of drug-likeness (QED) is 0.791. The van der Waals surface area contributed by atoms with E-state index in [0.29, 0.717) is 13.0 Å². The van der Waals surface area contributed by atoms with Gasteiger partial charge in [0.25, 0.3) is 0 Å². The average molecular weight is 252 g/mol. The van der Waals surface area contributed by atoms with Crippen molar-refractivity contribution in [1.82, 2.24) is 19.7 Å². The van der Waals surface area contributed by atoms with Crippen LogP contribution < -0.4 is 0 Å². The van der Waals surface area contributed by atoms with E-state index in [2.05, 4.69) is 10.1 Å². The van der Waals surface area contributed by atoms with Crippen molar-refractivity contribution < 1.29 is 9.53 Å². The summed E-state index contributed by atoms with van der Waals surface area (Å²) >= 11 is 0. The molecule has 0 radical (unpaired) electrons. The molecule has 2 rings (SSSR count). The van der Waals surface area contributed by atoms with Crippen LogP contribution in [-0.4, -0.2) is 51.4 Å². The van der Waals surface area contributed by atoms with Crippen LogP contribution in [0.3, 0.4) is 0 Å². The van der Waals surface area contributed by atoms with Gasteiger partial charge in [-0.15, -0.1) is 0 Å². The molecular formula is C12H20N4O2. The minimum absolute atomic E-state index is 0.145. The Morgan fingerprint density at radius 2 is 2.44 bits per heavy atom. The zero-order valence-corrected chi connectivity index (χ0v) is 10.8. The van der Waals surface area contributed by atoms with Crippen molar-refractivity contribution in [3.05, 3.63) is 12.7 Å². The Balaban J connectivity index is 1.73. The van der Waals surface area contributed by atoms with Gasteiger partial charge < -0.3 is 9.64 Å². The number of rotatable bonds is 4.